The van der Waals surface area contributed by atoms with Crippen molar-refractivity contribution in [3.05, 3.63) is 35.9 Å². The van der Waals surface area contributed by atoms with Gasteiger partial charge in [0.15, 0.2) is 0 Å². The zero-order valence-electron chi connectivity index (χ0n) is 15.4. The van der Waals surface area contributed by atoms with Crippen molar-refractivity contribution in [1.29, 1.82) is 0 Å². The molecule has 1 heterocycles. The largest absolute Gasteiger partial charge is 0.444 e. The number of carbonyl (C=O) groups is 2. The number of aliphatic imine (C=N–C) groups is 1. The van der Waals surface area contributed by atoms with Crippen molar-refractivity contribution in [2.45, 2.75) is 39.0 Å². The van der Waals surface area contributed by atoms with E-state index >= 15 is 0 Å². The topological polar surface area (TPSA) is 74.2 Å². The van der Waals surface area contributed by atoms with E-state index in [9.17, 15) is 9.59 Å². The lowest BCUT2D eigenvalue weighted by molar-refractivity contribution is -0.126. The molecule has 1 atom stereocenters. The number of hydrogen-bond acceptors (Lipinski definition) is 4. The Bertz CT molecular complexity index is 652. The Morgan fingerprint density at radius 2 is 2.00 bits per heavy atom. The third kappa shape index (κ3) is 4.95. The number of guanidine groups is 1. The Labute approximate surface area is 148 Å². The highest BCUT2D eigenvalue weighted by Crippen LogP contribution is 2.15. The Morgan fingerprint density at radius 3 is 2.56 bits per heavy atom. The maximum atomic E-state index is 12.4. The second-order valence-electron chi connectivity index (χ2n) is 7.01. The highest BCUT2D eigenvalue weighted by molar-refractivity contribution is 6.02. The zero-order valence-corrected chi connectivity index (χ0v) is 15.4. The molecule has 1 aliphatic heterocycles. The number of likely N-dealkylation sites (N-methyl/N-ethyl adjacent to an activating group) is 1. The molecule has 1 aliphatic rings. The second-order valence-corrected chi connectivity index (χ2v) is 7.01. The molecule has 0 radical (unpaired) electrons. The van der Waals surface area contributed by atoms with Gasteiger partial charge in [-0.25, -0.2) is 4.79 Å². The van der Waals surface area contributed by atoms with Crippen molar-refractivity contribution in [3.63, 3.8) is 0 Å². The molecule has 136 valence electrons. The van der Waals surface area contributed by atoms with E-state index in [0.717, 1.165) is 5.56 Å². The van der Waals surface area contributed by atoms with E-state index in [0.29, 0.717) is 19.0 Å². The Hall–Kier alpha value is -2.57. The summed E-state index contributed by atoms with van der Waals surface area (Å²) in [5.41, 5.74) is 0.481. The molecule has 1 N–H and O–H groups in total. The summed E-state index contributed by atoms with van der Waals surface area (Å²) in [7, 11) is 3.21. The number of rotatable bonds is 3. The SMILES string of the molecule is CN=C1NC(=O)C(N(C)C(=O)OC(C)(C)C)CN1Cc1ccccc1. The normalized spacial score (nSPS) is 19.6. The van der Waals surface area contributed by atoms with E-state index in [1.165, 1.54) is 4.90 Å². The number of carbonyl (C=O) groups excluding carboxylic acids is 2. The van der Waals surface area contributed by atoms with Gasteiger partial charge in [-0.1, -0.05) is 30.3 Å². The zero-order chi connectivity index (χ0) is 18.6. The van der Waals surface area contributed by atoms with E-state index in [4.69, 9.17) is 4.74 Å². The summed E-state index contributed by atoms with van der Waals surface area (Å²) in [5, 5.41) is 2.77. The molecule has 0 bridgehead atoms. The van der Waals surface area contributed by atoms with Crippen LogP contribution in [0.15, 0.2) is 35.3 Å². The molecule has 0 aromatic heterocycles. The summed E-state index contributed by atoms with van der Waals surface area (Å²) in [5.74, 6) is 0.237. The van der Waals surface area contributed by atoms with Crippen LogP contribution in [0.4, 0.5) is 4.79 Å². The summed E-state index contributed by atoms with van der Waals surface area (Å²) >= 11 is 0. The van der Waals surface area contributed by atoms with E-state index in [1.807, 2.05) is 35.2 Å². The third-order valence-corrected chi connectivity index (χ3v) is 3.81. The number of nitrogens with zero attached hydrogens (tertiary/aromatic N) is 3. The van der Waals surface area contributed by atoms with Crippen LogP contribution < -0.4 is 5.32 Å². The van der Waals surface area contributed by atoms with Crippen LogP contribution in [-0.2, 0) is 16.1 Å². The number of nitrogens with one attached hydrogen (secondary N) is 1. The minimum Gasteiger partial charge on any atom is -0.444 e. The van der Waals surface area contributed by atoms with Gasteiger partial charge in [0.25, 0.3) is 5.91 Å². The van der Waals surface area contributed by atoms with Gasteiger partial charge in [0.2, 0.25) is 5.96 Å². The molecule has 0 spiro atoms. The summed E-state index contributed by atoms with van der Waals surface area (Å²) in [4.78, 5) is 32.1. The Balaban J connectivity index is 2.14. The fraction of sp³-hybridized carbons (Fsp3) is 0.500. The highest BCUT2D eigenvalue weighted by Gasteiger charge is 2.36. The summed E-state index contributed by atoms with van der Waals surface area (Å²) in [6, 6.07) is 9.25. The van der Waals surface area contributed by atoms with Crippen LogP contribution >= 0.6 is 0 Å². The molecule has 7 nitrogen and oxygen atoms in total. The molecule has 1 saturated heterocycles. The van der Waals surface area contributed by atoms with Gasteiger partial charge < -0.3 is 9.64 Å². The van der Waals surface area contributed by atoms with Gasteiger partial charge >= 0.3 is 6.09 Å². The molecule has 0 saturated carbocycles. The number of amides is 2. The molecule has 7 heteroatoms. The van der Waals surface area contributed by atoms with Crippen molar-refractivity contribution in [3.8, 4) is 0 Å². The number of benzene rings is 1. The van der Waals surface area contributed by atoms with E-state index in [-0.39, 0.29) is 5.91 Å². The monoisotopic (exact) mass is 346 g/mol. The van der Waals surface area contributed by atoms with Crippen LogP contribution in [0.25, 0.3) is 0 Å². The van der Waals surface area contributed by atoms with Crippen LogP contribution in [-0.4, -0.2) is 60.0 Å². The van der Waals surface area contributed by atoms with Crippen LogP contribution in [0.1, 0.15) is 26.3 Å². The van der Waals surface area contributed by atoms with Crippen molar-refractivity contribution in [2.75, 3.05) is 20.6 Å². The maximum absolute atomic E-state index is 12.4. The molecule has 25 heavy (non-hydrogen) atoms. The number of hydrogen-bond donors (Lipinski definition) is 1. The fourth-order valence-corrected chi connectivity index (χ4v) is 2.55. The first kappa shape index (κ1) is 18.8. The second kappa shape index (κ2) is 7.55. The molecule has 1 fully saturated rings. The van der Waals surface area contributed by atoms with Gasteiger partial charge in [0.1, 0.15) is 11.6 Å². The predicted octanol–water partition coefficient (Wildman–Crippen LogP) is 1.84. The van der Waals surface area contributed by atoms with Crippen molar-refractivity contribution in [2.24, 2.45) is 4.99 Å². The van der Waals surface area contributed by atoms with Gasteiger partial charge in [-0.2, -0.15) is 0 Å². The maximum Gasteiger partial charge on any atom is 0.410 e. The third-order valence-electron chi connectivity index (χ3n) is 3.81. The summed E-state index contributed by atoms with van der Waals surface area (Å²) < 4.78 is 5.37. The van der Waals surface area contributed by atoms with Gasteiger partial charge in [0.05, 0.1) is 6.54 Å². The first-order valence-corrected chi connectivity index (χ1v) is 8.23. The summed E-state index contributed by atoms with van der Waals surface area (Å²) in [6.07, 6.45) is -0.524. The van der Waals surface area contributed by atoms with Crippen LogP contribution in [0.3, 0.4) is 0 Å². The molecule has 2 rings (SSSR count). The van der Waals surface area contributed by atoms with Crippen LogP contribution in [0.2, 0.25) is 0 Å². The van der Waals surface area contributed by atoms with Gasteiger partial charge in [-0.3, -0.25) is 20.0 Å². The molecular weight excluding hydrogens is 320 g/mol. The Kier molecular flexibility index (Phi) is 5.66. The van der Waals surface area contributed by atoms with Crippen LogP contribution in [0.5, 0.6) is 0 Å². The lowest BCUT2D eigenvalue weighted by Crippen LogP contribution is -2.63. The first-order chi connectivity index (χ1) is 11.7. The smallest absolute Gasteiger partial charge is 0.410 e. The molecule has 1 aromatic rings. The van der Waals surface area contributed by atoms with E-state index in [1.54, 1.807) is 34.9 Å². The lowest BCUT2D eigenvalue weighted by Gasteiger charge is -2.38. The fourth-order valence-electron chi connectivity index (χ4n) is 2.55. The Morgan fingerprint density at radius 1 is 1.36 bits per heavy atom. The first-order valence-electron chi connectivity index (χ1n) is 8.23. The lowest BCUT2D eigenvalue weighted by atomic mass is 10.1. The van der Waals surface area contributed by atoms with Gasteiger partial charge in [-0.05, 0) is 26.3 Å². The predicted molar refractivity (Wildman–Crippen MR) is 96.1 cm³/mol. The molecule has 2 amide bonds. The average molecular weight is 346 g/mol. The van der Waals surface area contributed by atoms with E-state index < -0.39 is 17.7 Å². The number of ether oxygens (including phenoxy) is 1. The average Bonchev–Trinajstić information content (AvgIpc) is 2.54. The highest BCUT2D eigenvalue weighted by atomic mass is 16.6. The van der Waals surface area contributed by atoms with E-state index in [2.05, 4.69) is 10.3 Å². The molecule has 0 aliphatic carbocycles. The summed E-state index contributed by atoms with van der Waals surface area (Å²) in [6.45, 7) is 6.32. The minimum absolute atomic E-state index is 0.265. The molecule has 1 aromatic carbocycles. The molecule has 1 unspecified atom stereocenters. The van der Waals surface area contributed by atoms with Gasteiger partial charge in [0, 0.05) is 20.6 Å². The minimum atomic E-state index is -0.649. The molecular formula is C18H26N4O3. The van der Waals surface area contributed by atoms with Crippen molar-refractivity contribution < 1.29 is 14.3 Å². The van der Waals surface area contributed by atoms with Crippen molar-refractivity contribution >= 4 is 18.0 Å². The van der Waals surface area contributed by atoms with Gasteiger partial charge in [-0.15, -0.1) is 0 Å². The quantitative estimate of drug-likeness (QED) is 0.906. The standard InChI is InChI=1S/C18H26N4O3/c1-18(2,3)25-17(24)21(5)14-12-22(16(19-4)20-15(14)23)11-13-9-7-6-8-10-13/h6-10,14H,11-12H2,1-5H3,(H,19,20,23). The van der Waals surface area contributed by atoms with Crippen LogP contribution in [0, 0.1) is 0 Å². The van der Waals surface area contributed by atoms with Crippen molar-refractivity contribution in [1.82, 2.24) is 15.1 Å².